The van der Waals surface area contributed by atoms with Crippen LogP contribution in [0, 0.1) is 0 Å². The van der Waals surface area contributed by atoms with Gasteiger partial charge < -0.3 is 5.73 Å². The van der Waals surface area contributed by atoms with Gasteiger partial charge >= 0.3 is 0 Å². The zero-order chi connectivity index (χ0) is 10.4. The van der Waals surface area contributed by atoms with Gasteiger partial charge in [-0.25, -0.2) is 0 Å². The van der Waals surface area contributed by atoms with E-state index >= 15 is 0 Å². The highest BCUT2D eigenvalue weighted by Gasteiger charge is 2.40. The number of piperidine rings is 1. The molecule has 3 rings (SSSR count). The molecule has 3 fully saturated rings. The van der Waals surface area contributed by atoms with Crippen molar-refractivity contribution in [1.29, 1.82) is 0 Å². The zero-order valence-electron chi connectivity index (χ0n) is 9.04. The molecule has 3 aliphatic rings. The molecule has 0 aromatic heterocycles. The second-order valence-electron chi connectivity index (χ2n) is 5.14. The van der Waals surface area contributed by atoms with Gasteiger partial charge in [-0.3, -0.25) is 9.69 Å². The van der Waals surface area contributed by atoms with Crippen molar-refractivity contribution in [3.05, 3.63) is 11.1 Å². The van der Waals surface area contributed by atoms with E-state index in [-0.39, 0.29) is 5.91 Å². The first kappa shape index (κ1) is 9.40. The fourth-order valence-corrected chi connectivity index (χ4v) is 3.25. The number of carbonyl (C=O) groups excluding carboxylic acids is 1. The third kappa shape index (κ3) is 1.69. The van der Waals surface area contributed by atoms with Gasteiger partial charge in [-0.2, -0.15) is 0 Å². The third-order valence-electron chi connectivity index (χ3n) is 4.07. The molecule has 2 saturated heterocycles. The van der Waals surface area contributed by atoms with Gasteiger partial charge in [-0.1, -0.05) is 11.1 Å². The first-order valence-electron chi connectivity index (χ1n) is 5.98. The second-order valence-corrected chi connectivity index (χ2v) is 5.14. The number of hydrogen-bond donors (Lipinski definition) is 1. The van der Waals surface area contributed by atoms with Crippen LogP contribution >= 0.6 is 0 Å². The molecular weight excluding hydrogens is 188 g/mol. The SMILES string of the molecule is NC(=O)CN1C2CCC1CC(=C1CC1)C2. The summed E-state index contributed by atoms with van der Waals surface area (Å²) in [5.41, 5.74) is 8.71. The number of nitrogens with two attached hydrogens (primary N) is 1. The van der Waals surface area contributed by atoms with E-state index in [0.717, 1.165) is 0 Å². The molecule has 0 radical (unpaired) electrons. The van der Waals surface area contributed by atoms with Crippen molar-refractivity contribution in [1.82, 2.24) is 4.90 Å². The van der Waals surface area contributed by atoms with Crippen molar-refractivity contribution in [2.24, 2.45) is 5.73 Å². The molecule has 2 heterocycles. The van der Waals surface area contributed by atoms with E-state index in [1.807, 2.05) is 0 Å². The summed E-state index contributed by atoms with van der Waals surface area (Å²) in [4.78, 5) is 13.3. The van der Waals surface area contributed by atoms with Crippen LogP contribution in [0.15, 0.2) is 11.1 Å². The minimum atomic E-state index is -0.172. The van der Waals surface area contributed by atoms with Gasteiger partial charge in [-0.15, -0.1) is 0 Å². The van der Waals surface area contributed by atoms with Crippen LogP contribution in [-0.4, -0.2) is 29.4 Å². The molecular formula is C12H18N2O. The van der Waals surface area contributed by atoms with Gasteiger partial charge in [-0.05, 0) is 38.5 Å². The number of carbonyl (C=O) groups is 1. The maximum atomic E-state index is 11.0. The van der Waals surface area contributed by atoms with Crippen LogP contribution < -0.4 is 5.73 Å². The van der Waals surface area contributed by atoms with Gasteiger partial charge in [0.25, 0.3) is 0 Å². The molecule has 2 atom stereocenters. The summed E-state index contributed by atoms with van der Waals surface area (Å²) >= 11 is 0. The highest BCUT2D eigenvalue weighted by atomic mass is 16.1. The number of fused-ring (bicyclic) bond motifs is 2. The molecule has 1 saturated carbocycles. The lowest BCUT2D eigenvalue weighted by molar-refractivity contribution is -0.120. The van der Waals surface area contributed by atoms with Crippen LogP contribution in [0.4, 0.5) is 0 Å². The molecule has 2 unspecified atom stereocenters. The van der Waals surface area contributed by atoms with Gasteiger partial charge in [0, 0.05) is 12.1 Å². The van der Waals surface area contributed by atoms with Crippen molar-refractivity contribution >= 4 is 5.91 Å². The number of amides is 1. The van der Waals surface area contributed by atoms with Gasteiger partial charge in [0.1, 0.15) is 0 Å². The van der Waals surface area contributed by atoms with Crippen molar-refractivity contribution in [3.8, 4) is 0 Å². The summed E-state index contributed by atoms with van der Waals surface area (Å²) in [6, 6.07) is 1.22. The fraction of sp³-hybridized carbons (Fsp3) is 0.750. The Bertz CT molecular complexity index is 313. The molecule has 82 valence electrons. The third-order valence-corrected chi connectivity index (χ3v) is 4.07. The Labute approximate surface area is 90.3 Å². The number of primary amides is 1. The fourth-order valence-electron chi connectivity index (χ4n) is 3.25. The molecule has 1 amide bonds. The average molecular weight is 206 g/mol. The molecule has 1 aliphatic carbocycles. The summed E-state index contributed by atoms with van der Waals surface area (Å²) in [6.07, 6.45) is 7.61. The van der Waals surface area contributed by atoms with Gasteiger partial charge in [0.15, 0.2) is 0 Å². The molecule has 15 heavy (non-hydrogen) atoms. The van der Waals surface area contributed by atoms with E-state index in [0.29, 0.717) is 18.6 Å². The van der Waals surface area contributed by atoms with Crippen molar-refractivity contribution < 1.29 is 4.79 Å². The summed E-state index contributed by atoms with van der Waals surface area (Å²) in [7, 11) is 0. The smallest absolute Gasteiger partial charge is 0.231 e. The highest BCUT2D eigenvalue weighted by molar-refractivity contribution is 5.76. The van der Waals surface area contributed by atoms with Gasteiger partial charge in [0.2, 0.25) is 5.91 Å². The Balaban J connectivity index is 1.75. The Morgan fingerprint density at radius 1 is 1.20 bits per heavy atom. The van der Waals surface area contributed by atoms with Crippen LogP contribution in [0.5, 0.6) is 0 Å². The minimum Gasteiger partial charge on any atom is -0.369 e. The molecule has 3 nitrogen and oxygen atoms in total. The Kier molecular flexibility index (Phi) is 2.09. The first-order chi connectivity index (χ1) is 7.24. The summed E-state index contributed by atoms with van der Waals surface area (Å²) in [5, 5.41) is 0. The monoisotopic (exact) mass is 206 g/mol. The van der Waals surface area contributed by atoms with Crippen molar-refractivity contribution in [2.45, 2.75) is 50.6 Å². The van der Waals surface area contributed by atoms with Crippen molar-refractivity contribution in [2.75, 3.05) is 6.54 Å². The predicted molar refractivity (Wildman–Crippen MR) is 58.2 cm³/mol. The van der Waals surface area contributed by atoms with Crippen LogP contribution in [0.2, 0.25) is 0 Å². The lowest BCUT2D eigenvalue weighted by Gasteiger charge is -2.35. The van der Waals surface area contributed by atoms with Gasteiger partial charge in [0.05, 0.1) is 6.54 Å². The molecule has 3 heteroatoms. The number of rotatable bonds is 2. The molecule has 2 N–H and O–H groups in total. The van der Waals surface area contributed by atoms with E-state index in [9.17, 15) is 4.79 Å². The van der Waals surface area contributed by atoms with E-state index in [1.54, 1.807) is 11.1 Å². The summed E-state index contributed by atoms with van der Waals surface area (Å²) in [5.74, 6) is -0.172. The summed E-state index contributed by atoms with van der Waals surface area (Å²) < 4.78 is 0. The summed E-state index contributed by atoms with van der Waals surface area (Å²) in [6.45, 7) is 0.470. The molecule has 0 aromatic rings. The molecule has 0 spiro atoms. The zero-order valence-corrected chi connectivity index (χ0v) is 9.04. The Hall–Kier alpha value is -0.830. The largest absolute Gasteiger partial charge is 0.369 e. The van der Waals surface area contributed by atoms with E-state index in [4.69, 9.17) is 5.73 Å². The Morgan fingerprint density at radius 3 is 2.27 bits per heavy atom. The normalized spacial score (nSPS) is 34.7. The van der Waals surface area contributed by atoms with E-state index < -0.39 is 0 Å². The standard InChI is InChI=1S/C12H18N2O/c13-12(15)7-14-10-3-4-11(14)6-9(5-10)8-1-2-8/h10-11H,1-7H2,(H2,13,15). The highest BCUT2D eigenvalue weighted by Crippen LogP contribution is 2.44. The van der Waals surface area contributed by atoms with Crippen LogP contribution in [0.1, 0.15) is 38.5 Å². The number of hydrogen-bond acceptors (Lipinski definition) is 2. The number of allylic oxidation sites excluding steroid dienone is 1. The molecule has 0 aromatic carbocycles. The second kappa shape index (κ2) is 3.34. The average Bonchev–Trinajstić information content (AvgIpc) is 2.98. The van der Waals surface area contributed by atoms with E-state index in [2.05, 4.69) is 4.90 Å². The van der Waals surface area contributed by atoms with Crippen LogP contribution in [0.3, 0.4) is 0 Å². The molecule has 2 aliphatic heterocycles. The Morgan fingerprint density at radius 2 is 1.80 bits per heavy atom. The van der Waals surface area contributed by atoms with Crippen LogP contribution in [-0.2, 0) is 4.79 Å². The molecule has 2 bridgehead atoms. The van der Waals surface area contributed by atoms with Crippen molar-refractivity contribution in [3.63, 3.8) is 0 Å². The first-order valence-corrected chi connectivity index (χ1v) is 5.98. The lowest BCUT2D eigenvalue weighted by atomic mass is 9.96. The maximum Gasteiger partial charge on any atom is 0.231 e. The van der Waals surface area contributed by atoms with E-state index in [1.165, 1.54) is 38.5 Å². The maximum absolute atomic E-state index is 11.0. The number of nitrogens with zero attached hydrogens (tertiary/aromatic N) is 1. The predicted octanol–water partition coefficient (Wildman–Crippen LogP) is 1.19. The minimum absolute atomic E-state index is 0.172. The van der Waals surface area contributed by atoms with Crippen LogP contribution in [0.25, 0.3) is 0 Å². The lowest BCUT2D eigenvalue weighted by Crippen LogP contribution is -2.45. The topological polar surface area (TPSA) is 46.3 Å². The quantitative estimate of drug-likeness (QED) is 0.690.